The number of carboxylic acid groups (broad SMARTS) is 2. The summed E-state index contributed by atoms with van der Waals surface area (Å²) in [5, 5.41) is 33.0. The Kier molecular flexibility index (Phi) is 19.6. The van der Waals surface area contributed by atoms with Gasteiger partial charge in [-0.15, -0.1) is 0 Å². The quantitative estimate of drug-likeness (QED) is 0.0284. The first-order valence-electron chi connectivity index (χ1n) is 25.8. The van der Waals surface area contributed by atoms with Gasteiger partial charge < -0.3 is 69.5 Å². The number of aliphatic carboxylic acids is 2. The second kappa shape index (κ2) is 27.0. The van der Waals surface area contributed by atoms with Crippen LogP contribution in [0.5, 0.6) is 46.0 Å². The standard InChI is InChI=1S/2C30H25F2N3O7.Ca/c2*1-2-40-25-14-20-22(15-26(25)41-16-27(36)37)33-12-9-23(20)42-24-8-7-19(13-21(24)32)35-29(39)30(10-11-30)28(38)34-18-5-3-17(31)4-6-18;/h2*3-9,12-15H,2,10-11,16H2,1H3,(H,34,38)(H,35,39)(H,36,37);/q;;+2/p-2. The molecular weight excluding hydrogens is 1140 g/mol. The topological polar surface area (TPSA) is 278 Å². The number of ether oxygens (including phenoxy) is 6. The Morgan fingerprint density at radius 2 is 0.765 bits per heavy atom. The van der Waals surface area contributed by atoms with Crippen molar-refractivity contribution >= 4 is 118 Å². The molecule has 0 bridgehead atoms. The Bertz CT molecular complexity index is 3600. The average Bonchev–Trinajstić information content (AvgIpc) is 3.52. The van der Waals surface area contributed by atoms with Crippen molar-refractivity contribution in [2.45, 2.75) is 39.5 Å². The summed E-state index contributed by atoms with van der Waals surface area (Å²) in [5.74, 6) is -6.59. The van der Waals surface area contributed by atoms with Gasteiger partial charge in [0.1, 0.15) is 47.2 Å². The largest absolute Gasteiger partial charge is 2.00 e. The van der Waals surface area contributed by atoms with Crippen molar-refractivity contribution in [2.75, 3.05) is 47.7 Å². The first-order valence-corrected chi connectivity index (χ1v) is 25.8. The van der Waals surface area contributed by atoms with Crippen molar-refractivity contribution in [1.82, 2.24) is 9.97 Å². The van der Waals surface area contributed by atoms with Crippen molar-refractivity contribution in [2.24, 2.45) is 10.8 Å². The Morgan fingerprint density at radius 1 is 0.435 bits per heavy atom. The molecule has 4 amide bonds. The van der Waals surface area contributed by atoms with E-state index in [1.54, 1.807) is 26.0 Å². The third kappa shape index (κ3) is 14.9. The number of halogens is 4. The van der Waals surface area contributed by atoms with Crippen LogP contribution < -0.4 is 59.9 Å². The van der Waals surface area contributed by atoms with Gasteiger partial charge in [0.05, 0.1) is 36.2 Å². The van der Waals surface area contributed by atoms with Crippen LogP contribution in [0.15, 0.2) is 134 Å². The van der Waals surface area contributed by atoms with E-state index in [0.29, 0.717) is 58.9 Å². The van der Waals surface area contributed by atoms with E-state index in [-0.39, 0.29) is 108 Å². The van der Waals surface area contributed by atoms with Crippen molar-refractivity contribution in [1.29, 1.82) is 0 Å². The number of nitrogens with zero attached hydrogens (tertiary/aromatic N) is 2. The molecule has 85 heavy (non-hydrogen) atoms. The van der Waals surface area contributed by atoms with Crippen LogP contribution in [0.2, 0.25) is 0 Å². The molecule has 432 valence electrons. The molecule has 2 fully saturated rings. The number of pyridine rings is 2. The van der Waals surface area contributed by atoms with Crippen LogP contribution in [-0.4, -0.2) is 110 Å². The number of amides is 4. The molecule has 0 atom stereocenters. The number of anilines is 4. The van der Waals surface area contributed by atoms with E-state index in [1.807, 2.05) is 0 Å². The molecule has 2 heterocycles. The van der Waals surface area contributed by atoms with E-state index in [0.717, 1.165) is 12.1 Å². The Labute approximate surface area is 510 Å². The minimum absolute atomic E-state index is 0. The molecule has 2 aliphatic carbocycles. The number of fused-ring (bicyclic) bond motifs is 2. The Hall–Kier alpha value is -9.26. The number of aromatic nitrogens is 2. The first kappa shape index (κ1) is 61.8. The van der Waals surface area contributed by atoms with Gasteiger partial charge in [-0.2, -0.15) is 0 Å². The first-order chi connectivity index (χ1) is 40.4. The van der Waals surface area contributed by atoms with E-state index in [4.69, 9.17) is 28.4 Å². The van der Waals surface area contributed by atoms with Gasteiger partial charge in [0.15, 0.2) is 46.1 Å². The number of rotatable bonds is 22. The van der Waals surface area contributed by atoms with Crippen LogP contribution in [0.4, 0.5) is 40.3 Å². The van der Waals surface area contributed by atoms with Gasteiger partial charge in [0.2, 0.25) is 23.6 Å². The van der Waals surface area contributed by atoms with Crippen LogP contribution in [-0.2, 0) is 28.8 Å². The molecular formula is C60H48CaF4N6O14. The van der Waals surface area contributed by atoms with E-state index < -0.39 is 82.9 Å². The Balaban J connectivity index is 0.000000219. The third-order valence-electron chi connectivity index (χ3n) is 13.1. The number of nitrogens with one attached hydrogen (secondary N) is 4. The number of hydrogen-bond acceptors (Lipinski definition) is 16. The zero-order valence-corrected chi connectivity index (χ0v) is 47.4. The van der Waals surface area contributed by atoms with Gasteiger partial charge in [-0.05, 0) is 137 Å². The number of hydrogen-bond donors (Lipinski definition) is 4. The summed E-state index contributed by atoms with van der Waals surface area (Å²) >= 11 is 0. The van der Waals surface area contributed by atoms with Crippen molar-refractivity contribution < 1.29 is 85.0 Å². The molecule has 4 N–H and O–H groups in total. The molecule has 0 aliphatic heterocycles. The second-order valence-corrected chi connectivity index (χ2v) is 18.9. The van der Waals surface area contributed by atoms with E-state index in [2.05, 4.69) is 31.2 Å². The van der Waals surface area contributed by atoms with Crippen molar-refractivity contribution in [3.63, 3.8) is 0 Å². The fourth-order valence-electron chi connectivity index (χ4n) is 8.46. The predicted octanol–water partition coefficient (Wildman–Crippen LogP) is 8.00. The summed E-state index contributed by atoms with van der Waals surface area (Å²) in [6.07, 6.45) is 4.11. The van der Waals surface area contributed by atoms with E-state index in [1.165, 1.54) is 109 Å². The van der Waals surface area contributed by atoms with Crippen molar-refractivity contribution in [3.05, 3.63) is 157 Å². The van der Waals surface area contributed by atoms with Crippen LogP contribution in [0, 0.1) is 34.1 Å². The zero-order chi connectivity index (χ0) is 59.7. The number of carboxylic acids is 2. The van der Waals surface area contributed by atoms with E-state index in [9.17, 15) is 47.8 Å². The van der Waals surface area contributed by atoms with E-state index >= 15 is 8.78 Å². The zero-order valence-electron chi connectivity index (χ0n) is 45.2. The van der Waals surface area contributed by atoms with Crippen LogP contribution in [0.1, 0.15) is 39.5 Å². The number of carbonyl (C=O) groups excluding carboxylic acids is 6. The van der Waals surface area contributed by atoms with Crippen LogP contribution in [0.25, 0.3) is 21.8 Å². The SMILES string of the molecule is CCOc1cc2c(Oc3ccc(NC(=O)C4(C(=O)Nc5ccc(F)cc5)CC4)cc3F)ccnc2cc1OCC(=O)[O-].CCOc1cc2c(Oc3ccc(NC(=O)C4(C(=O)Nc5ccc(F)cc5)CC4)cc3F)ccnc2cc1OCC(=O)[O-].[Ca+2]. The molecule has 0 saturated heterocycles. The average molecular weight is 1190 g/mol. The molecule has 6 aromatic carbocycles. The minimum atomic E-state index is -1.40. The molecule has 0 spiro atoms. The molecule has 10 rings (SSSR count). The van der Waals surface area contributed by atoms with Crippen LogP contribution >= 0.6 is 0 Å². The summed E-state index contributed by atoms with van der Waals surface area (Å²) in [6.45, 7) is 2.64. The maximum Gasteiger partial charge on any atom is 2.00 e. The summed E-state index contributed by atoms with van der Waals surface area (Å²) in [4.78, 5) is 81.7. The minimum Gasteiger partial charge on any atom is -0.546 e. The maximum absolute atomic E-state index is 15.1. The second-order valence-electron chi connectivity index (χ2n) is 18.9. The molecule has 0 unspecified atom stereocenters. The van der Waals surface area contributed by atoms with Gasteiger partial charge in [0, 0.05) is 70.2 Å². The molecule has 2 aliphatic rings. The predicted molar refractivity (Wildman–Crippen MR) is 296 cm³/mol. The smallest absolute Gasteiger partial charge is 0.546 e. The maximum atomic E-state index is 15.1. The molecule has 2 aromatic heterocycles. The van der Waals surface area contributed by atoms with Crippen molar-refractivity contribution in [3.8, 4) is 46.0 Å². The molecule has 8 aromatic rings. The fourth-order valence-corrected chi connectivity index (χ4v) is 8.46. The summed E-state index contributed by atoms with van der Waals surface area (Å²) < 4.78 is 89.8. The fraction of sp³-hybridized carbons (Fsp3) is 0.200. The molecule has 25 heteroatoms. The normalized spacial score (nSPS) is 13.1. The molecule has 2 saturated carbocycles. The number of benzene rings is 6. The summed E-state index contributed by atoms with van der Waals surface area (Å²) in [7, 11) is 0. The molecule has 20 nitrogen and oxygen atoms in total. The van der Waals surface area contributed by atoms with Gasteiger partial charge in [-0.3, -0.25) is 29.1 Å². The van der Waals surface area contributed by atoms with Gasteiger partial charge >= 0.3 is 37.7 Å². The monoisotopic (exact) mass is 1190 g/mol. The van der Waals surface area contributed by atoms with Crippen LogP contribution in [0.3, 0.4) is 0 Å². The third-order valence-corrected chi connectivity index (χ3v) is 13.1. The Morgan fingerprint density at radius 3 is 1.08 bits per heavy atom. The summed E-state index contributed by atoms with van der Waals surface area (Å²) in [6, 6.07) is 27.1. The molecule has 0 radical (unpaired) electrons. The van der Waals surface area contributed by atoms with Gasteiger partial charge in [-0.1, -0.05) is 0 Å². The summed E-state index contributed by atoms with van der Waals surface area (Å²) in [5.41, 5.74) is -0.908. The van der Waals surface area contributed by atoms with Gasteiger partial charge in [-0.25, -0.2) is 17.6 Å². The van der Waals surface area contributed by atoms with Gasteiger partial charge in [0.25, 0.3) is 0 Å². The number of carbonyl (C=O) groups is 6.